The van der Waals surface area contributed by atoms with Gasteiger partial charge in [-0.25, -0.2) is 0 Å². The molecule has 0 bridgehead atoms. The van der Waals surface area contributed by atoms with Crippen molar-refractivity contribution in [1.82, 2.24) is 4.57 Å². The van der Waals surface area contributed by atoms with Crippen molar-refractivity contribution in [1.29, 1.82) is 0 Å². The molecule has 0 saturated heterocycles. The third-order valence-electron chi connectivity index (χ3n) is 2.19. The van der Waals surface area contributed by atoms with E-state index in [1.54, 1.807) is 0 Å². The quantitative estimate of drug-likeness (QED) is 0.813. The van der Waals surface area contributed by atoms with Crippen molar-refractivity contribution < 1.29 is 5.11 Å². The van der Waals surface area contributed by atoms with Gasteiger partial charge < -0.3 is 9.67 Å². The van der Waals surface area contributed by atoms with E-state index in [2.05, 4.69) is 15.9 Å². The molecule has 2 aromatic rings. The van der Waals surface area contributed by atoms with Crippen molar-refractivity contribution in [3.63, 3.8) is 0 Å². The number of aryl methyl sites for hydroxylation is 1. The molecule has 0 saturated carbocycles. The van der Waals surface area contributed by atoms with Gasteiger partial charge in [0.25, 0.3) is 0 Å². The van der Waals surface area contributed by atoms with Gasteiger partial charge in [0.1, 0.15) is 0 Å². The molecule has 2 rings (SSSR count). The lowest BCUT2D eigenvalue weighted by molar-refractivity contribution is 0.282. The van der Waals surface area contributed by atoms with Crippen LogP contribution in [0.5, 0.6) is 0 Å². The summed E-state index contributed by atoms with van der Waals surface area (Å²) in [5.74, 6) is 0. The molecule has 0 radical (unpaired) electrons. The summed E-state index contributed by atoms with van der Waals surface area (Å²) in [5.41, 5.74) is 2.08. The van der Waals surface area contributed by atoms with Crippen LogP contribution in [0.4, 0.5) is 0 Å². The number of nitrogens with zero attached hydrogens (tertiary/aromatic N) is 1. The molecule has 0 fully saturated rings. The molecule has 13 heavy (non-hydrogen) atoms. The van der Waals surface area contributed by atoms with Crippen molar-refractivity contribution in [2.75, 3.05) is 0 Å². The van der Waals surface area contributed by atoms with E-state index in [1.165, 1.54) is 5.39 Å². The molecule has 1 aromatic heterocycles. The van der Waals surface area contributed by atoms with Gasteiger partial charge in [-0.05, 0) is 27.6 Å². The second-order valence-electron chi connectivity index (χ2n) is 3.10. The van der Waals surface area contributed by atoms with E-state index < -0.39 is 0 Å². The van der Waals surface area contributed by atoms with Crippen LogP contribution in [0.2, 0.25) is 0 Å². The van der Waals surface area contributed by atoms with Gasteiger partial charge in [0.15, 0.2) is 0 Å². The Labute approximate surface area is 84.9 Å². The molecule has 1 aromatic carbocycles. The van der Waals surface area contributed by atoms with Gasteiger partial charge in [0.2, 0.25) is 0 Å². The first-order chi connectivity index (χ1) is 6.22. The second-order valence-corrected chi connectivity index (χ2v) is 3.95. The summed E-state index contributed by atoms with van der Waals surface area (Å²) in [7, 11) is 1.99. The van der Waals surface area contributed by atoms with E-state index in [0.717, 1.165) is 15.6 Å². The zero-order chi connectivity index (χ0) is 9.42. The zero-order valence-electron chi connectivity index (χ0n) is 7.29. The van der Waals surface area contributed by atoms with Gasteiger partial charge in [-0.2, -0.15) is 0 Å². The van der Waals surface area contributed by atoms with E-state index in [9.17, 15) is 0 Å². The number of hydrogen-bond acceptors (Lipinski definition) is 1. The summed E-state index contributed by atoms with van der Waals surface area (Å²) >= 11 is 3.48. The molecule has 3 heteroatoms. The van der Waals surface area contributed by atoms with Crippen LogP contribution in [0.1, 0.15) is 5.56 Å². The first-order valence-corrected chi connectivity index (χ1v) is 4.86. The Morgan fingerprint density at radius 3 is 2.92 bits per heavy atom. The summed E-state index contributed by atoms with van der Waals surface area (Å²) in [4.78, 5) is 0. The third-order valence-corrected chi connectivity index (χ3v) is 2.82. The Bertz CT molecular complexity index is 447. The molecule has 2 nitrogen and oxygen atoms in total. The predicted octanol–water partition coefficient (Wildman–Crippen LogP) is 2.43. The van der Waals surface area contributed by atoms with E-state index in [0.29, 0.717) is 0 Å². The molecule has 0 spiro atoms. The molecule has 68 valence electrons. The fraction of sp³-hybridized carbons (Fsp3) is 0.200. The molecule has 0 amide bonds. The summed E-state index contributed by atoms with van der Waals surface area (Å²) in [6, 6.07) is 5.96. The minimum atomic E-state index is 0.0960. The molecule has 0 atom stereocenters. The zero-order valence-corrected chi connectivity index (χ0v) is 8.87. The number of halogens is 1. The summed E-state index contributed by atoms with van der Waals surface area (Å²) in [5, 5.41) is 10.2. The third kappa shape index (κ3) is 1.38. The van der Waals surface area contributed by atoms with Crippen LogP contribution in [-0.2, 0) is 13.7 Å². The highest BCUT2D eigenvalue weighted by atomic mass is 79.9. The van der Waals surface area contributed by atoms with Crippen LogP contribution in [-0.4, -0.2) is 9.67 Å². The van der Waals surface area contributed by atoms with Crippen molar-refractivity contribution in [3.05, 3.63) is 34.4 Å². The fourth-order valence-corrected chi connectivity index (χ4v) is 2.12. The van der Waals surface area contributed by atoms with Gasteiger partial charge in [-0.3, -0.25) is 0 Å². The maximum absolute atomic E-state index is 8.97. The molecule has 0 aliphatic heterocycles. The average molecular weight is 240 g/mol. The Balaban J connectivity index is 2.76. The molecule has 0 unspecified atom stereocenters. The van der Waals surface area contributed by atoms with Crippen molar-refractivity contribution in [3.8, 4) is 0 Å². The summed E-state index contributed by atoms with van der Waals surface area (Å²) < 4.78 is 3.13. The number of rotatable bonds is 1. The van der Waals surface area contributed by atoms with E-state index in [-0.39, 0.29) is 6.61 Å². The SMILES string of the molecule is Cn1cc(Br)c2ccc(CO)cc21. The van der Waals surface area contributed by atoms with Crippen molar-refractivity contribution >= 4 is 26.8 Å². The minimum absolute atomic E-state index is 0.0960. The lowest BCUT2D eigenvalue weighted by atomic mass is 10.2. The number of benzene rings is 1. The molecular formula is C10H10BrNO. The van der Waals surface area contributed by atoms with Crippen molar-refractivity contribution in [2.24, 2.45) is 7.05 Å². The first kappa shape index (κ1) is 8.78. The highest BCUT2D eigenvalue weighted by Crippen LogP contribution is 2.26. The van der Waals surface area contributed by atoms with E-state index in [1.807, 2.05) is 36.0 Å². The largest absolute Gasteiger partial charge is 0.392 e. The van der Waals surface area contributed by atoms with Gasteiger partial charge in [0.05, 0.1) is 6.61 Å². The first-order valence-electron chi connectivity index (χ1n) is 4.06. The van der Waals surface area contributed by atoms with Crippen LogP contribution in [0.3, 0.4) is 0 Å². The van der Waals surface area contributed by atoms with Crippen LogP contribution in [0, 0.1) is 0 Å². The van der Waals surface area contributed by atoms with Crippen LogP contribution < -0.4 is 0 Å². The Kier molecular flexibility index (Phi) is 2.14. The summed E-state index contributed by atoms with van der Waals surface area (Å²) in [6.07, 6.45) is 2.02. The number of aromatic nitrogens is 1. The standard InChI is InChI=1S/C10H10BrNO/c1-12-5-9(11)8-3-2-7(6-13)4-10(8)12/h2-5,13H,6H2,1H3. The second kappa shape index (κ2) is 3.16. The molecule has 1 heterocycles. The van der Waals surface area contributed by atoms with Crippen LogP contribution in [0.25, 0.3) is 10.9 Å². The van der Waals surface area contributed by atoms with Crippen LogP contribution >= 0.6 is 15.9 Å². The smallest absolute Gasteiger partial charge is 0.0682 e. The highest BCUT2D eigenvalue weighted by Gasteiger charge is 2.03. The number of hydrogen-bond donors (Lipinski definition) is 1. The molecular weight excluding hydrogens is 230 g/mol. The highest BCUT2D eigenvalue weighted by molar-refractivity contribution is 9.10. The fourth-order valence-electron chi connectivity index (χ4n) is 1.48. The van der Waals surface area contributed by atoms with Gasteiger partial charge in [-0.1, -0.05) is 12.1 Å². The normalized spacial score (nSPS) is 11.0. The monoisotopic (exact) mass is 239 g/mol. The average Bonchev–Trinajstić information content (AvgIpc) is 2.42. The number of aliphatic hydroxyl groups excluding tert-OH is 1. The van der Waals surface area contributed by atoms with Gasteiger partial charge >= 0.3 is 0 Å². The summed E-state index contributed by atoms with van der Waals surface area (Å²) in [6.45, 7) is 0.0960. The number of aliphatic hydroxyl groups is 1. The van der Waals surface area contributed by atoms with Gasteiger partial charge in [0, 0.05) is 28.6 Å². The Hall–Kier alpha value is -0.800. The Morgan fingerprint density at radius 2 is 2.23 bits per heavy atom. The molecule has 0 aliphatic rings. The molecule has 0 aliphatic carbocycles. The lowest BCUT2D eigenvalue weighted by Gasteiger charge is -1.98. The number of fused-ring (bicyclic) bond motifs is 1. The predicted molar refractivity (Wildman–Crippen MR) is 56.5 cm³/mol. The van der Waals surface area contributed by atoms with Crippen LogP contribution in [0.15, 0.2) is 28.9 Å². The minimum Gasteiger partial charge on any atom is -0.392 e. The topological polar surface area (TPSA) is 25.2 Å². The maximum atomic E-state index is 8.97. The Morgan fingerprint density at radius 1 is 1.46 bits per heavy atom. The van der Waals surface area contributed by atoms with E-state index >= 15 is 0 Å². The van der Waals surface area contributed by atoms with Gasteiger partial charge in [-0.15, -0.1) is 0 Å². The van der Waals surface area contributed by atoms with Crippen molar-refractivity contribution in [2.45, 2.75) is 6.61 Å². The lowest BCUT2D eigenvalue weighted by Crippen LogP contribution is -1.86. The molecule has 1 N–H and O–H groups in total. The van der Waals surface area contributed by atoms with E-state index in [4.69, 9.17) is 5.11 Å². The maximum Gasteiger partial charge on any atom is 0.0682 e.